The van der Waals surface area contributed by atoms with Gasteiger partial charge in [-0.25, -0.2) is 12.8 Å². The Balaban J connectivity index is 1.40. The van der Waals surface area contributed by atoms with Crippen LogP contribution in [-0.2, 0) is 15.6 Å². The van der Waals surface area contributed by atoms with Gasteiger partial charge in [-0.2, -0.15) is 0 Å². The van der Waals surface area contributed by atoms with Gasteiger partial charge in [0.25, 0.3) is 0 Å². The molecule has 0 saturated carbocycles. The number of hydrogen-bond donors (Lipinski definition) is 0. The zero-order chi connectivity index (χ0) is 21.1. The lowest BCUT2D eigenvalue weighted by Crippen LogP contribution is -2.46. The SMILES string of the molecule is O=S(=O)(Cc1ccc(Cl)cc1)c1ccc(N2CCN(c3ccc(F)cc3)CC2)nn1. The summed E-state index contributed by atoms with van der Waals surface area (Å²) in [7, 11) is -3.60. The quantitative estimate of drug-likeness (QED) is 0.597. The fraction of sp³-hybridized carbons (Fsp3) is 0.238. The molecule has 0 bridgehead atoms. The van der Waals surface area contributed by atoms with Crippen LogP contribution in [0.2, 0.25) is 5.02 Å². The zero-order valence-electron chi connectivity index (χ0n) is 16.1. The first-order valence-electron chi connectivity index (χ1n) is 9.47. The van der Waals surface area contributed by atoms with Gasteiger partial charge in [-0.15, -0.1) is 10.2 Å². The van der Waals surface area contributed by atoms with E-state index in [4.69, 9.17) is 11.6 Å². The van der Waals surface area contributed by atoms with Gasteiger partial charge >= 0.3 is 0 Å². The summed E-state index contributed by atoms with van der Waals surface area (Å²) in [6.45, 7) is 2.93. The highest BCUT2D eigenvalue weighted by Crippen LogP contribution is 2.21. The van der Waals surface area contributed by atoms with E-state index in [0.29, 0.717) is 29.5 Å². The highest BCUT2D eigenvalue weighted by Gasteiger charge is 2.21. The van der Waals surface area contributed by atoms with E-state index in [2.05, 4.69) is 20.0 Å². The van der Waals surface area contributed by atoms with Crippen LogP contribution in [0.3, 0.4) is 0 Å². The van der Waals surface area contributed by atoms with E-state index in [-0.39, 0.29) is 16.6 Å². The van der Waals surface area contributed by atoms with Crippen molar-refractivity contribution in [2.45, 2.75) is 10.8 Å². The number of rotatable bonds is 5. The third kappa shape index (κ3) is 4.71. The van der Waals surface area contributed by atoms with E-state index in [9.17, 15) is 12.8 Å². The van der Waals surface area contributed by atoms with Crippen molar-refractivity contribution in [1.29, 1.82) is 0 Å². The smallest absolute Gasteiger partial charge is 0.201 e. The number of benzene rings is 2. The van der Waals surface area contributed by atoms with Gasteiger partial charge in [0.15, 0.2) is 10.8 Å². The lowest BCUT2D eigenvalue weighted by Gasteiger charge is -2.36. The zero-order valence-corrected chi connectivity index (χ0v) is 17.7. The van der Waals surface area contributed by atoms with Crippen molar-refractivity contribution >= 4 is 32.9 Å². The summed E-state index contributed by atoms with van der Waals surface area (Å²) >= 11 is 5.85. The van der Waals surface area contributed by atoms with Crippen LogP contribution in [0.5, 0.6) is 0 Å². The van der Waals surface area contributed by atoms with Crippen LogP contribution in [0.4, 0.5) is 15.9 Å². The lowest BCUT2D eigenvalue weighted by atomic mass is 10.2. The van der Waals surface area contributed by atoms with Crippen molar-refractivity contribution in [3.8, 4) is 0 Å². The molecular weight excluding hydrogens is 427 g/mol. The molecule has 1 aliphatic rings. The van der Waals surface area contributed by atoms with Gasteiger partial charge < -0.3 is 9.80 Å². The molecule has 9 heteroatoms. The topological polar surface area (TPSA) is 66.4 Å². The maximum Gasteiger partial charge on any atom is 0.201 e. The minimum absolute atomic E-state index is 0.0499. The Kier molecular flexibility index (Phi) is 5.87. The molecule has 0 amide bonds. The molecule has 0 unspecified atom stereocenters. The summed E-state index contributed by atoms with van der Waals surface area (Å²) in [5.74, 6) is 0.229. The molecule has 4 rings (SSSR count). The fourth-order valence-corrected chi connectivity index (χ4v) is 4.71. The molecular formula is C21H20ClFN4O2S. The van der Waals surface area contributed by atoms with Crippen LogP contribution in [0.15, 0.2) is 65.7 Å². The number of halogens is 2. The maximum atomic E-state index is 13.1. The third-order valence-corrected chi connectivity index (χ3v) is 6.83. The van der Waals surface area contributed by atoms with Gasteiger partial charge in [0, 0.05) is 36.9 Å². The minimum Gasteiger partial charge on any atom is -0.368 e. The third-order valence-electron chi connectivity index (χ3n) is 5.01. The fourth-order valence-electron chi connectivity index (χ4n) is 3.37. The summed E-state index contributed by atoms with van der Waals surface area (Å²) in [4.78, 5) is 4.23. The largest absolute Gasteiger partial charge is 0.368 e. The first-order valence-corrected chi connectivity index (χ1v) is 11.5. The molecule has 0 aliphatic carbocycles. The number of sulfone groups is 1. The van der Waals surface area contributed by atoms with Gasteiger partial charge in [-0.05, 0) is 54.1 Å². The average molecular weight is 447 g/mol. The first-order chi connectivity index (χ1) is 14.4. The van der Waals surface area contributed by atoms with Crippen LogP contribution in [0.25, 0.3) is 0 Å². The van der Waals surface area contributed by atoms with Crippen molar-refractivity contribution in [2.75, 3.05) is 36.0 Å². The Morgan fingerprint density at radius 2 is 1.47 bits per heavy atom. The van der Waals surface area contributed by atoms with Crippen molar-refractivity contribution < 1.29 is 12.8 Å². The Morgan fingerprint density at radius 1 is 0.833 bits per heavy atom. The summed E-state index contributed by atoms with van der Waals surface area (Å²) in [5, 5.41) is 8.61. The molecule has 1 saturated heterocycles. The summed E-state index contributed by atoms with van der Waals surface area (Å²) < 4.78 is 38.3. The molecule has 0 spiro atoms. The highest BCUT2D eigenvalue weighted by molar-refractivity contribution is 7.90. The monoisotopic (exact) mass is 446 g/mol. The number of nitrogens with zero attached hydrogens (tertiary/aromatic N) is 4. The van der Waals surface area contributed by atoms with Gasteiger partial charge in [-0.3, -0.25) is 0 Å². The molecule has 3 aromatic rings. The molecule has 6 nitrogen and oxygen atoms in total. The van der Waals surface area contributed by atoms with E-state index >= 15 is 0 Å². The van der Waals surface area contributed by atoms with Gasteiger partial charge in [-0.1, -0.05) is 23.7 Å². The standard InChI is InChI=1S/C21H20ClFN4O2S/c22-17-3-1-16(2-4-17)15-30(28,29)21-10-9-20(24-25-21)27-13-11-26(12-14-27)19-7-5-18(23)6-8-19/h1-10H,11-15H2. The van der Waals surface area contributed by atoms with Crippen molar-refractivity contribution in [3.63, 3.8) is 0 Å². The van der Waals surface area contributed by atoms with E-state index in [0.717, 1.165) is 18.8 Å². The molecule has 0 radical (unpaired) electrons. The minimum atomic E-state index is -3.60. The number of aromatic nitrogens is 2. The number of anilines is 2. The van der Waals surface area contributed by atoms with Crippen molar-refractivity contribution in [2.24, 2.45) is 0 Å². The molecule has 2 aromatic carbocycles. The molecule has 2 heterocycles. The van der Waals surface area contributed by atoms with Crippen molar-refractivity contribution in [1.82, 2.24) is 10.2 Å². The second-order valence-corrected chi connectivity index (χ2v) is 9.44. The Morgan fingerprint density at radius 3 is 2.07 bits per heavy atom. The van der Waals surface area contributed by atoms with Gasteiger partial charge in [0.2, 0.25) is 9.84 Å². The first kappa shape index (κ1) is 20.6. The van der Waals surface area contributed by atoms with Gasteiger partial charge in [0.1, 0.15) is 5.82 Å². The predicted molar refractivity (Wildman–Crippen MR) is 115 cm³/mol. The second-order valence-electron chi connectivity index (χ2n) is 7.07. The van der Waals surface area contributed by atoms with E-state index in [1.807, 2.05) is 0 Å². The van der Waals surface area contributed by atoms with Crippen LogP contribution in [-0.4, -0.2) is 44.8 Å². The lowest BCUT2D eigenvalue weighted by molar-refractivity contribution is 0.588. The Bertz CT molecular complexity index is 1100. The normalized spacial score (nSPS) is 14.7. The van der Waals surface area contributed by atoms with Crippen LogP contribution < -0.4 is 9.80 Å². The molecule has 156 valence electrons. The van der Waals surface area contributed by atoms with E-state index in [1.54, 1.807) is 42.5 Å². The molecule has 1 aliphatic heterocycles. The van der Waals surface area contributed by atoms with E-state index in [1.165, 1.54) is 18.2 Å². The van der Waals surface area contributed by atoms with Crippen molar-refractivity contribution in [3.05, 3.63) is 77.1 Å². The van der Waals surface area contributed by atoms with Crippen LogP contribution in [0.1, 0.15) is 5.56 Å². The highest BCUT2D eigenvalue weighted by atomic mass is 35.5. The second kappa shape index (κ2) is 8.57. The van der Waals surface area contributed by atoms with Crippen LogP contribution in [0, 0.1) is 5.82 Å². The molecule has 0 atom stereocenters. The molecule has 0 N–H and O–H groups in total. The summed E-state index contributed by atoms with van der Waals surface area (Å²) in [6, 6.07) is 16.3. The van der Waals surface area contributed by atoms with Gasteiger partial charge in [0.05, 0.1) is 5.75 Å². The van der Waals surface area contributed by atoms with Crippen LogP contribution >= 0.6 is 11.6 Å². The Hall–Kier alpha value is -2.71. The maximum absolute atomic E-state index is 13.1. The predicted octanol–water partition coefficient (Wildman–Crippen LogP) is 3.57. The molecule has 1 aromatic heterocycles. The molecule has 30 heavy (non-hydrogen) atoms. The average Bonchev–Trinajstić information content (AvgIpc) is 2.76. The number of piperazine rings is 1. The summed E-state index contributed by atoms with van der Waals surface area (Å²) in [6.07, 6.45) is 0. The molecule has 1 fully saturated rings. The number of hydrogen-bond acceptors (Lipinski definition) is 6. The summed E-state index contributed by atoms with van der Waals surface area (Å²) in [5.41, 5.74) is 1.62. The van der Waals surface area contributed by atoms with E-state index < -0.39 is 9.84 Å². The Labute approximate surface area is 179 Å².